The second kappa shape index (κ2) is 7.96. The summed E-state index contributed by atoms with van der Waals surface area (Å²) in [7, 11) is -3.67. The second-order valence-electron chi connectivity index (χ2n) is 6.80. The Balaban J connectivity index is 1.46. The summed E-state index contributed by atoms with van der Waals surface area (Å²) in [5.41, 5.74) is 2.82. The molecular weight excluding hydrogens is 400 g/mol. The highest BCUT2D eigenvalue weighted by Gasteiger charge is 2.17. The quantitative estimate of drug-likeness (QED) is 0.492. The van der Waals surface area contributed by atoms with E-state index in [1.165, 1.54) is 0 Å². The lowest BCUT2D eigenvalue weighted by molar-refractivity contribution is 0.600. The van der Waals surface area contributed by atoms with Gasteiger partial charge in [-0.05, 0) is 73.5 Å². The van der Waals surface area contributed by atoms with Gasteiger partial charge in [-0.15, -0.1) is 10.2 Å². The molecule has 0 amide bonds. The van der Waals surface area contributed by atoms with Crippen LogP contribution in [0, 0.1) is 13.8 Å². The number of rotatable bonds is 6. The Hall–Kier alpha value is -3.72. The van der Waals surface area contributed by atoms with Crippen LogP contribution in [-0.2, 0) is 10.0 Å². The van der Waals surface area contributed by atoms with Gasteiger partial charge in [-0.25, -0.2) is 13.1 Å². The molecule has 4 rings (SSSR count). The van der Waals surface area contributed by atoms with Gasteiger partial charge in [0.1, 0.15) is 0 Å². The van der Waals surface area contributed by atoms with Crippen LogP contribution >= 0.6 is 0 Å². The lowest BCUT2D eigenvalue weighted by Gasteiger charge is -2.12. The first-order valence-electron chi connectivity index (χ1n) is 9.22. The van der Waals surface area contributed by atoms with Crippen LogP contribution in [0.5, 0.6) is 0 Å². The molecule has 30 heavy (non-hydrogen) atoms. The van der Waals surface area contributed by atoms with Gasteiger partial charge < -0.3 is 5.32 Å². The first-order valence-corrected chi connectivity index (χ1v) is 10.7. The smallest absolute Gasteiger partial charge is 0.262 e. The van der Waals surface area contributed by atoms with Gasteiger partial charge in [0.15, 0.2) is 11.6 Å². The van der Waals surface area contributed by atoms with Crippen molar-refractivity contribution in [3.8, 4) is 5.82 Å². The predicted octanol–water partition coefficient (Wildman–Crippen LogP) is 3.82. The molecule has 2 N–H and O–H groups in total. The summed E-state index contributed by atoms with van der Waals surface area (Å²) in [6.45, 7) is 3.64. The highest BCUT2D eigenvalue weighted by Crippen LogP contribution is 2.23. The molecule has 2 aromatic carbocycles. The van der Waals surface area contributed by atoms with E-state index >= 15 is 0 Å². The number of nitrogens with zero attached hydrogens (tertiary/aromatic N) is 4. The van der Waals surface area contributed by atoms with Crippen molar-refractivity contribution >= 4 is 27.2 Å². The van der Waals surface area contributed by atoms with Crippen LogP contribution in [0.4, 0.5) is 17.2 Å². The van der Waals surface area contributed by atoms with Crippen molar-refractivity contribution in [2.75, 3.05) is 10.0 Å². The van der Waals surface area contributed by atoms with Crippen molar-refractivity contribution in [1.29, 1.82) is 0 Å². The van der Waals surface area contributed by atoms with E-state index in [9.17, 15) is 8.42 Å². The van der Waals surface area contributed by atoms with E-state index in [1.54, 1.807) is 72.5 Å². The number of nitrogens with one attached hydrogen (secondary N) is 2. The minimum atomic E-state index is -3.67. The Morgan fingerprint density at radius 2 is 1.67 bits per heavy atom. The number of aryl methyl sites for hydroxylation is 2. The summed E-state index contributed by atoms with van der Waals surface area (Å²) in [6.07, 6.45) is 3.46. The number of benzene rings is 2. The molecule has 2 heterocycles. The maximum atomic E-state index is 12.7. The van der Waals surface area contributed by atoms with Crippen LogP contribution in [0.2, 0.25) is 0 Å². The fourth-order valence-electron chi connectivity index (χ4n) is 2.89. The molecule has 8 nitrogen and oxygen atoms in total. The molecule has 0 radical (unpaired) electrons. The molecule has 0 spiro atoms. The summed E-state index contributed by atoms with van der Waals surface area (Å²) in [5, 5.41) is 15.5. The fraction of sp³-hybridized carbons (Fsp3) is 0.0952. The highest BCUT2D eigenvalue weighted by atomic mass is 32.2. The topological polar surface area (TPSA) is 102 Å². The van der Waals surface area contributed by atoms with Crippen LogP contribution in [0.1, 0.15) is 11.1 Å². The van der Waals surface area contributed by atoms with E-state index in [4.69, 9.17) is 0 Å². The van der Waals surface area contributed by atoms with Gasteiger partial charge in [0.2, 0.25) is 0 Å². The van der Waals surface area contributed by atoms with Crippen LogP contribution in [0.25, 0.3) is 5.82 Å². The zero-order valence-electron chi connectivity index (χ0n) is 16.4. The molecule has 0 aliphatic carbocycles. The SMILES string of the molecule is Cc1ccc(C)c(S(=O)(=O)Nc2ccc(Nc3ccc(-n4cccn4)nn3)cc2)c1. The summed E-state index contributed by atoms with van der Waals surface area (Å²) in [4.78, 5) is 0.275. The van der Waals surface area contributed by atoms with Crippen molar-refractivity contribution < 1.29 is 8.42 Å². The monoisotopic (exact) mass is 420 g/mol. The number of hydrogen-bond acceptors (Lipinski definition) is 6. The number of anilines is 3. The third-order valence-electron chi connectivity index (χ3n) is 4.43. The number of sulfonamides is 1. The third-order valence-corrected chi connectivity index (χ3v) is 5.96. The maximum absolute atomic E-state index is 12.7. The van der Waals surface area contributed by atoms with Crippen LogP contribution < -0.4 is 10.0 Å². The van der Waals surface area contributed by atoms with Gasteiger partial charge in [0.05, 0.1) is 4.90 Å². The summed E-state index contributed by atoms with van der Waals surface area (Å²) < 4.78 is 29.7. The minimum absolute atomic E-state index is 0.275. The van der Waals surface area contributed by atoms with Gasteiger partial charge in [0, 0.05) is 23.8 Å². The molecule has 0 atom stereocenters. The zero-order chi connectivity index (χ0) is 21.1. The molecule has 0 aliphatic heterocycles. The molecule has 4 aromatic rings. The fourth-order valence-corrected chi connectivity index (χ4v) is 4.28. The molecular formula is C21H20N6O2S. The van der Waals surface area contributed by atoms with Crippen molar-refractivity contribution in [1.82, 2.24) is 20.0 Å². The van der Waals surface area contributed by atoms with E-state index in [0.29, 0.717) is 22.9 Å². The normalized spacial score (nSPS) is 11.3. The summed E-state index contributed by atoms with van der Waals surface area (Å²) in [6, 6.07) is 17.7. The van der Waals surface area contributed by atoms with Crippen LogP contribution in [0.3, 0.4) is 0 Å². The van der Waals surface area contributed by atoms with Crippen molar-refractivity contribution in [2.45, 2.75) is 18.7 Å². The minimum Gasteiger partial charge on any atom is -0.339 e. The van der Waals surface area contributed by atoms with Crippen molar-refractivity contribution in [3.05, 3.63) is 84.2 Å². The van der Waals surface area contributed by atoms with Gasteiger partial charge in [-0.2, -0.15) is 5.10 Å². The molecule has 0 unspecified atom stereocenters. The largest absolute Gasteiger partial charge is 0.339 e. The Bertz CT molecular complexity index is 1250. The third kappa shape index (κ3) is 4.31. The van der Waals surface area contributed by atoms with Crippen molar-refractivity contribution in [3.63, 3.8) is 0 Å². The Labute approximate surface area is 174 Å². The summed E-state index contributed by atoms with van der Waals surface area (Å²) >= 11 is 0. The second-order valence-corrected chi connectivity index (χ2v) is 8.46. The molecule has 0 bridgehead atoms. The van der Waals surface area contributed by atoms with E-state index in [-0.39, 0.29) is 4.90 Å². The first kappa shape index (κ1) is 19.6. The van der Waals surface area contributed by atoms with E-state index in [2.05, 4.69) is 25.3 Å². The van der Waals surface area contributed by atoms with Gasteiger partial charge in [-0.1, -0.05) is 12.1 Å². The zero-order valence-corrected chi connectivity index (χ0v) is 17.3. The lowest BCUT2D eigenvalue weighted by Crippen LogP contribution is -2.14. The van der Waals surface area contributed by atoms with Gasteiger partial charge in [-0.3, -0.25) is 4.72 Å². The van der Waals surface area contributed by atoms with Crippen LogP contribution in [0.15, 0.2) is 78.0 Å². The molecule has 9 heteroatoms. The first-order chi connectivity index (χ1) is 14.4. The molecule has 152 valence electrons. The van der Waals surface area contributed by atoms with E-state index in [1.807, 2.05) is 19.1 Å². The Morgan fingerprint density at radius 1 is 0.900 bits per heavy atom. The van der Waals surface area contributed by atoms with Crippen LogP contribution in [-0.4, -0.2) is 28.4 Å². The standard InChI is InChI=1S/C21H20N6O2S/c1-15-4-5-16(2)19(14-15)30(28,29)26-18-8-6-17(7-9-18)23-20-10-11-21(25-24-20)27-13-3-12-22-27/h3-14,26H,1-2H3,(H,23,24). The molecule has 0 aliphatic rings. The van der Waals surface area contributed by atoms with Crippen molar-refractivity contribution in [2.24, 2.45) is 0 Å². The van der Waals surface area contributed by atoms with E-state index < -0.39 is 10.0 Å². The average molecular weight is 420 g/mol. The summed E-state index contributed by atoms with van der Waals surface area (Å²) in [5.74, 6) is 1.18. The Kier molecular flexibility index (Phi) is 5.20. The number of hydrogen-bond donors (Lipinski definition) is 2. The molecule has 0 saturated carbocycles. The molecule has 0 saturated heterocycles. The molecule has 2 aromatic heterocycles. The Morgan fingerprint density at radius 3 is 2.33 bits per heavy atom. The average Bonchev–Trinajstić information content (AvgIpc) is 3.26. The maximum Gasteiger partial charge on any atom is 0.262 e. The van der Waals surface area contributed by atoms with Gasteiger partial charge >= 0.3 is 0 Å². The predicted molar refractivity (Wildman–Crippen MR) is 116 cm³/mol. The lowest BCUT2D eigenvalue weighted by atomic mass is 10.2. The van der Waals surface area contributed by atoms with E-state index in [0.717, 1.165) is 11.3 Å². The highest BCUT2D eigenvalue weighted by molar-refractivity contribution is 7.92. The number of aromatic nitrogens is 4. The molecule has 0 fully saturated rings. The van der Waals surface area contributed by atoms with Gasteiger partial charge in [0.25, 0.3) is 10.0 Å².